The molecule has 0 fully saturated rings. The summed E-state index contributed by atoms with van der Waals surface area (Å²) in [6, 6.07) is 5.12. The van der Waals surface area contributed by atoms with Crippen LogP contribution in [0.2, 0.25) is 0 Å². The van der Waals surface area contributed by atoms with Crippen molar-refractivity contribution in [3.8, 4) is 0 Å². The Kier molecular flexibility index (Phi) is 3.81. The Balaban J connectivity index is 2.35. The maximum atomic E-state index is 13.2. The van der Waals surface area contributed by atoms with E-state index in [9.17, 15) is 4.39 Å². The summed E-state index contributed by atoms with van der Waals surface area (Å²) in [7, 11) is 0. The van der Waals surface area contributed by atoms with Crippen LogP contribution in [0, 0.1) is 12.7 Å². The van der Waals surface area contributed by atoms with E-state index in [-0.39, 0.29) is 11.9 Å². The molecule has 90 valence electrons. The third-order valence-electron chi connectivity index (χ3n) is 2.60. The zero-order chi connectivity index (χ0) is 12.3. The van der Waals surface area contributed by atoms with Gasteiger partial charge in [0.25, 0.3) is 0 Å². The first-order valence-corrected chi connectivity index (χ1v) is 6.32. The average Bonchev–Trinajstić information content (AvgIpc) is 2.83. The van der Waals surface area contributed by atoms with Crippen molar-refractivity contribution in [1.82, 2.24) is 14.9 Å². The number of nitrogens with one attached hydrogen (secondary N) is 1. The molecule has 1 aromatic heterocycles. The summed E-state index contributed by atoms with van der Waals surface area (Å²) >= 11 is 1.32. The molecule has 0 saturated carbocycles. The van der Waals surface area contributed by atoms with Crippen molar-refractivity contribution in [2.75, 3.05) is 6.54 Å². The van der Waals surface area contributed by atoms with E-state index in [0.29, 0.717) is 5.56 Å². The third-order valence-corrected chi connectivity index (χ3v) is 3.12. The van der Waals surface area contributed by atoms with Gasteiger partial charge in [0.05, 0.1) is 11.7 Å². The number of benzene rings is 1. The number of nitrogens with zero attached hydrogens (tertiary/aromatic N) is 2. The van der Waals surface area contributed by atoms with Gasteiger partial charge in [-0.1, -0.05) is 23.5 Å². The Hall–Kier alpha value is -1.33. The Bertz CT molecular complexity index is 485. The van der Waals surface area contributed by atoms with Crippen LogP contribution in [-0.4, -0.2) is 16.1 Å². The van der Waals surface area contributed by atoms with Crippen molar-refractivity contribution >= 4 is 11.5 Å². The minimum absolute atomic E-state index is 0.0157. The van der Waals surface area contributed by atoms with Gasteiger partial charge in [0.2, 0.25) is 0 Å². The molecule has 0 aliphatic carbocycles. The fraction of sp³-hybridized carbons (Fsp3) is 0.333. The predicted molar refractivity (Wildman–Crippen MR) is 66.6 cm³/mol. The van der Waals surface area contributed by atoms with E-state index in [1.807, 2.05) is 18.4 Å². The number of aromatic nitrogens is 2. The van der Waals surface area contributed by atoms with Gasteiger partial charge in [-0.2, -0.15) is 0 Å². The summed E-state index contributed by atoms with van der Waals surface area (Å²) in [5, 5.41) is 9.31. The smallest absolute Gasteiger partial charge is 0.126 e. The van der Waals surface area contributed by atoms with E-state index in [0.717, 1.165) is 17.8 Å². The van der Waals surface area contributed by atoms with Crippen molar-refractivity contribution in [3.05, 3.63) is 46.2 Å². The van der Waals surface area contributed by atoms with E-state index in [4.69, 9.17) is 0 Å². The number of hydrogen-bond donors (Lipinski definition) is 1. The lowest BCUT2D eigenvalue weighted by atomic mass is 10.0. The molecule has 2 aromatic rings. The molecule has 17 heavy (non-hydrogen) atoms. The largest absolute Gasteiger partial charge is 0.305 e. The highest BCUT2D eigenvalue weighted by molar-refractivity contribution is 7.03. The molecule has 3 nitrogen and oxygen atoms in total. The lowest BCUT2D eigenvalue weighted by Gasteiger charge is -2.16. The molecule has 0 aliphatic rings. The molecule has 1 unspecified atom stereocenters. The monoisotopic (exact) mass is 251 g/mol. The molecule has 5 heteroatoms. The number of rotatable bonds is 4. The first kappa shape index (κ1) is 12.1. The van der Waals surface area contributed by atoms with E-state index in [2.05, 4.69) is 14.9 Å². The van der Waals surface area contributed by atoms with Crippen LogP contribution in [0.1, 0.15) is 29.8 Å². The van der Waals surface area contributed by atoms with Gasteiger partial charge in [0.15, 0.2) is 0 Å². The summed E-state index contributed by atoms with van der Waals surface area (Å²) in [5.41, 5.74) is 2.54. The van der Waals surface area contributed by atoms with Crippen LogP contribution in [0.25, 0.3) is 0 Å². The molecule has 0 spiro atoms. The number of hydrogen-bond acceptors (Lipinski definition) is 4. The summed E-state index contributed by atoms with van der Waals surface area (Å²) in [6.07, 6.45) is 0. The van der Waals surface area contributed by atoms with Crippen molar-refractivity contribution in [2.45, 2.75) is 19.9 Å². The van der Waals surface area contributed by atoms with Gasteiger partial charge < -0.3 is 5.32 Å². The van der Waals surface area contributed by atoms with E-state index < -0.39 is 0 Å². The molecule has 0 bridgehead atoms. The molecule has 2 rings (SSSR count). The van der Waals surface area contributed by atoms with Crippen LogP contribution in [0.5, 0.6) is 0 Å². The molecule has 0 amide bonds. The molecular weight excluding hydrogens is 237 g/mol. The van der Waals surface area contributed by atoms with Crippen LogP contribution in [-0.2, 0) is 0 Å². The average molecular weight is 251 g/mol. The molecule has 0 saturated heterocycles. The second-order valence-electron chi connectivity index (χ2n) is 3.83. The number of halogens is 1. The van der Waals surface area contributed by atoms with Gasteiger partial charge in [0, 0.05) is 5.38 Å². The lowest BCUT2D eigenvalue weighted by Crippen LogP contribution is -2.22. The SMILES string of the molecule is CCNC(c1ccc(F)c(C)c1)c1csnn1. The highest BCUT2D eigenvalue weighted by Crippen LogP contribution is 2.22. The normalized spacial score (nSPS) is 12.6. The predicted octanol–water partition coefficient (Wildman–Crippen LogP) is 2.68. The topological polar surface area (TPSA) is 37.8 Å². The third kappa shape index (κ3) is 2.68. The van der Waals surface area contributed by atoms with Crippen molar-refractivity contribution in [2.24, 2.45) is 0 Å². The van der Waals surface area contributed by atoms with Crippen molar-refractivity contribution in [1.29, 1.82) is 0 Å². The van der Waals surface area contributed by atoms with E-state index >= 15 is 0 Å². The zero-order valence-corrected chi connectivity index (χ0v) is 10.6. The molecule has 0 radical (unpaired) electrons. The summed E-state index contributed by atoms with van der Waals surface area (Å²) in [5.74, 6) is -0.180. The van der Waals surface area contributed by atoms with Crippen molar-refractivity contribution < 1.29 is 4.39 Å². The minimum atomic E-state index is -0.180. The Morgan fingerprint density at radius 1 is 1.47 bits per heavy atom. The summed E-state index contributed by atoms with van der Waals surface area (Å²) in [4.78, 5) is 0. The van der Waals surface area contributed by atoms with Gasteiger partial charge >= 0.3 is 0 Å². The zero-order valence-electron chi connectivity index (χ0n) is 9.77. The highest BCUT2D eigenvalue weighted by atomic mass is 32.1. The van der Waals surface area contributed by atoms with Crippen LogP contribution < -0.4 is 5.32 Å². The Morgan fingerprint density at radius 2 is 2.29 bits per heavy atom. The van der Waals surface area contributed by atoms with Gasteiger partial charge in [-0.15, -0.1) is 5.10 Å². The molecule has 1 aromatic carbocycles. The fourth-order valence-corrected chi connectivity index (χ4v) is 2.22. The number of aryl methyl sites for hydroxylation is 1. The van der Waals surface area contributed by atoms with Crippen LogP contribution in [0.15, 0.2) is 23.6 Å². The Morgan fingerprint density at radius 3 is 2.88 bits per heavy atom. The van der Waals surface area contributed by atoms with Gasteiger partial charge in [-0.25, -0.2) is 4.39 Å². The Labute approximate surface area is 104 Å². The van der Waals surface area contributed by atoms with Gasteiger partial charge in [-0.05, 0) is 42.2 Å². The van der Waals surface area contributed by atoms with Crippen molar-refractivity contribution in [3.63, 3.8) is 0 Å². The van der Waals surface area contributed by atoms with E-state index in [1.165, 1.54) is 17.6 Å². The standard InChI is InChI=1S/C12H14FN3S/c1-3-14-12(11-7-17-16-15-11)9-4-5-10(13)8(2)6-9/h4-7,12,14H,3H2,1-2H3. The maximum Gasteiger partial charge on any atom is 0.126 e. The molecule has 1 heterocycles. The molecular formula is C12H14FN3S. The van der Waals surface area contributed by atoms with E-state index in [1.54, 1.807) is 13.0 Å². The summed E-state index contributed by atoms with van der Waals surface area (Å²) in [6.45, 7) is 4.61. The first-order valence-electron chi connectivity index (χ1n) is 5.48. The summed E-state index contributed by atoms with van der Waals surface area (Å²) < 4.78 is 17.1. The second-order valence-corrected chi connectivity index (χ2v) is 4.44. The van der Waals surface area contributed by atoms with Crippen LogP contribution >= 0.6 is 11.5 Å². The van der Waals surface area contributed by atoms with Gasteiger partial charge in [0.1, 0.15) is 5.82 Å². The van der Waals surface area contributed by atoms with Crippen LogP contribution in [0.3, 0.4) is 0 Å². The quantitative estimate of drug-likeness (QED) is 0.908. The highest BCUT2D eigenvalue weighted by Gasteiger charge is 2.16. The minimum Gasteiger partial charge on any atom is -0.305 e. The first-order chi connectivity index (χ1) is 8.22. The molecule has 1 atom stereocenters. The molecule has 1 N–H and O–H groups in total. The molecule has 0 aliphatic heterocycles. The fourth-order valence-electron chi connectivity index (χ4n) is 1.74. The lowest BCUT2D eigenvalue weighted by molar-refractivity contribution is 0.599. The van der Waals surface area contributed by atoms with Crippen LogP contribution in [0.4, 0.5) is 4.39 Å². The maximum absolute atomic E-state index is 13.2. The van der Waals surface area contributed by atoms with Gasteiger partial charge in [-0.3, -0.25) is 0 Å². The second kappa shape index (κ2) is 5.33.